The number of esters is 1. The van der Waals surface area contributed by atoms with E-state index in [9.17, 15) is 14.4 Å². The van der Waals surface area contributed by atoms with Gasteiger partial charge in [-0.15, -0.1) is 0 Å². The summed E-state index contributed by atoms with van der Waals surface area (Å²) < 4.78 is 21.3. The Hall–Kier alpha value is -7.22. The maximum absolute atomic E-state index is 11.1. The fraction of sp³-hybridized carbons (Fsp3) is 0.171. The standard InChI is InChI=1S/C20H16N2O4.C11H12N2O2.C10H10O4/c1-10-4-5-11(2)17-15(10)9-16(25-17)18-21-19(26-22-18)13-6-7-14(20(23)24)12(3)8-13;1-6-3-4-7(2)10-8(6)5-9(15-10)11(12)13-14;1-6-5-7(9(11)12)3-4-8(6)10(13)14-2/h4-9H,1-3H3,(H,23,24);3-5,14H,1-2H3,(H2,12,13);3-5H,1-2H3,(H,11,12). The summed E-state index contributed by atoms with van der Waals surface area (Å²) in [7, 11) is 1.28. The van der Waals surface area contributed by atoms with Crippen molar-refractivity contribution in [1.29, 1.82) is 0 Å². The third-order valence-electron chi connectivity index (χ3n) is 8.79. The van der Waals surface area contributed by atoms with Crippen LogP contribution >= 0.6 is 0 Å². The third-order valence-corrected chi connectivity index (χ3v) is 8.79. The number of benzene rings is 4. The third kappa shape index (κ3) is 8.38. The number of carboxylic acid groups (broad SMARTS) is 2. The number of oxime groups is 1. The summed E-state index contributed by atoms with van der Waals surface area (Å²) in [5.41, 5.74) is 14.0. The first-order chi connectivity index (χ1) is 26.1. The molecule has 55 heavy (non-hydrogen) atoms. The van der Waals surface area contributed by atoms with Crippen molar-refractivity contribution in [3.05, 3.63) is 129 Å². The summed E-state index contributed by atoms with van der Waals surface area (Å²) in [5.74, 6) is -0.845. The molecule has 0 radical (unpaired) electrons. The Labute approximate surface area is 314 Å². The van der Waals surface area contributed by atoms with E-state index in [1.807, 2.05) is 58.0 Å². The molecular formula is C41H38N4O10. The molecule has 3 aromatic heterocycles. The molecule has 0 spiro atoms. The number of fused-ring (bicyclic) bond motifs is 2. The van der Waals surface area contributed by atoms with Gasteiger partial charge in [0.15, 0.2) is 11.5 Å². The van der Waals surface area contributed by atoms with E-state index in [4.69, 9.17) is 34.5 Å². The number of carbonyl (C=O) groups is 3. The van der Waals surface area contributed by atoms with Gasteiger partial charge >= 0.3 is 17.9 Å². The molecule has 3 heterocycles. The van der Waals surface area contributed by atoms with Crippen molar-refractivity contribution in [2.45, 2.75) is 41.5 Å². The average molecular weight is 747 g/mol. The fourth-order valence-electron chi connectivity index (χ4n) is 5.68. The maximum atomic E-state index is 11.1. The lowest BCUT2D eigenvalue weighted by Crippen LogP contribution is -2.11. The van der Waals surface area contributed by atoms with Crippen LogP contribution in [-0.4, -0.2) is 56.4 Å². The largest absolute Gasteiger partial charge is 0.478 e. The van der Waals surface area contributed by atoms with Gasteiger partial charge in [0.05, 0.1) is 23.8 Å². The minimum absolute atomic E-state index is 0.00926. The lowest BCUT2D eigenvalue weighted by Gasteiger charge is -2.03. The van der Waals surface area contributed by atoms with Crippen LogP contribution in [0.25, 0.3) is 45.0 Å². The molecular weight excluding hydrogens is 708 g/mol. The monoisotopic (exact) mass is 746 g/mol. The van der Waals surface area contributed by atoms with Crippen molar-refractivity contribution in [2.75, 3.05) is 7.11 Å². The summed E-state index contributed by atoms with van der Waals surface area (Å²) in [6, 6.07) is 20.9. The molecule has 0 fully saturated rings. The van der Waals surface area contributed by atoms with Gasteiger partial charge in [0.2, 0.25) is 11.7 Å². The molecule has 7 rings (SSSR count). The molecule has 14 nitrogen and oxygen atoms in total. The number of nitrogens with two attached hydrogens (primary N) is 1. The number of carbonyl (C=O) groups excluding carboxylic acids is 1. The van der Waals surface area contributed by atoms with Crippen LogP contribution in [0.15, 0.2) is 91.3 Å². The van der Waals surface area contributed by atoms with Crippen molar-refractivity contribution in [2.24, 2.45) is 10.9 Å². The molecule has 0 unspecified atom stereocenters. The Bertz CT molecular complexity index is 2530. The lowest BCUT2D eigenvalue weighted by atomic mass is 10.1. The Kier molecular flexibility index (Phi) is 11.5. The van der Waals surface area contributed by atoms with Gasteiger partial charge in [0, 0.05) is 16.3 Å². The van der Waals surface area contributed by atoms with E-state index in [2.05, 4.69) is 20.0 Å². The van der Waals surface area contributed by atoms with Gasteiger partial charge in [-0.1, -0.05) is 34.6 Å². The van der Waals surface area contributed by atoms with E-state index in [1.165, 1.54) is 31.4 Å². The number of rotatable bonds is 6. The van der Waals surface area contributed by atoms with Crippen LogP contribution in [0.4, 0.5) is 0 Å². The molecule has 14 heteroatoms. The molecule has 0 aliphatic heterocycles. The van der Waals surface area contributed by atoms with Crippen molar-refractivity contribution < 1.29 is 47.9 Å². The van der Waals surface area contributed by atoms with E-state index >= 15 is 0 Å². The fourth-order valence-corrected chi connectivity index (χ4v) is 5.68. The predicted molar refractivity (Wildman–Crippen MR) is 204 cm³/mol. The molecule has 4 aromatic carbocycles. The molecule has 0 amide bonds. The van der Waals surface area contributed by atoms with Crippen LogP contribution in [0.3, 0.4) is 0 Å². The van der Waals surface area contributed by atoms with Gasteiger partial charge in [-0.05, 0) is 123 Å². The zero-order chi connectivity index (χ0) is 40.1. The van der Waals surface area contributed by atoms with Crippen LogP contribution in [-0.2, 0) is 4.74 Å². The van der Waals surface area contributed by atoms with E-state index in [0.29, 0.717) is 45.5 Å². The molecule has 0 saturated carbocycles. The predicted octanol–water partition coefficient (Wildman–Crippen LogP) is 8.40. The summed E-state index contributed by atoms with van der Waals surface area (Å²) in [6.07, 6.45) is 0. The van der Waals surface area contributed by atoms with Gasteiger partial charge in [-0.25, -0.2) is 14.4 Å². The number of aromatic carboxylic acids is 2. The highest BCUT2D eigenvalue weighted by Gasteiger charge is 2.18. The second-order valence-electron chi connectivity index (χ2n) is 12.7. The van der Waals surface area contributed by atoms with Crippen LogP contribution in [0.2, 0.25) is 0 Å². The number of methoxy groups -OCH3 is 1. The zero-order valence-corrected chi connectivity index (χ0v) is 31.0. The topological polar surface area (TPSA) is 225 Å². The Morgan fingerprint density at radius 3 is 1.80 bits per heavy atom. The molecule has 0 saturated heterocycles. The van der Waals surface area contributed by atoms with Gasteiger partial charge in [-0.2, -0.15) is 4.98 Å². The second kappa shape index (κ2) is 16.2. The van der Waals surface area contributed by atoms with Crippen molar-refractivity contribution >= 4 is 45.7 Å². The molecule has 282 valence electrons. The van der Waals surface area contributed by atoms with E-state index in [-0.39, 0.29) is 17.0 Å². The zero-order valence-electron chi connectivity index (χ0n) is 31.0. The molecule has 0 bridgehead atoms. The average Bonchev–Trinajstić information content (AvgIpc) is 3.94. The molecule has 0 atom stereocenters. The van der Waals surface area contributed by atoms with E-state index in [1.54, 1.807) is 32.0 Å². The summed E-state index contributed by atoms with van der Waals surface area (Å²) in [6.45, 7) is 11.4. The Morgan fingerprint density at radius 1 is 0.691 bits per heavy atom. The lowest BCUT2D eigenvalue weighted by molar-refractivity contribution is 0.0597. The summed E-state index contributed by atoms with van der Waals surface area (Å²) in [4.78, 5) is 37.3. The molecule has 7 aromatic rings. The minimum atomic E-state index is -1.01. The van der Waals surface area contributed by atoms with Crippen LogP contribution in [0.1, 0.15) is 70.2 Å². The normalized spacial score (nSPS) is 11.1. The number of amidine groups is 1. The molecule has 0 aliphatic rings. The molecule has 5 N–H and O–H groups in total. The van der Waals surface area contributed by atoms with Crippen LogP contribution in [0, 0.1) is 41.5 Å². The Morgan fingerprint density at radius 2 is 1.27 bits per heavy atom. The first-order valence-corrected chi connectivity index (χ1v) is 16.7. The number of hydrogen-bond acceptors (Lipinski definition) is 11. The minimum Gasteiger partial charge on any atom is -0.478 e. The number of aryl methyl sites for hydroxylation is 6. The van der Waals surface area contributed by atoms with Gasteiger partial charge in [0.25, 0.3) is 5.89 Å². The SMILES string of the molecule is COC(=O)c1ccc(C(=O)O)cc1C.Cc1cc(-c2nc(-c3cc4c(C)ccc(C)c4o3)no2)ccc1C(=O)O.Cc1ccc(C)c2oc(/C(N)=N\O)cc12. The number of ether oxygens (including phenoxy) is 1. The van der Waals surface area contributed by atoms with Crippen LogP contribution < -0.4 is 5.73 Å². The highest BCUT2D eigenvalue weighted by Crippen LogP contribution is 2.32. The maximum Gasteiger partial charge on any atom is 0.338 e. The number of furan rings is 2. The Balaban J connectivity index is 0.000000171. The number of hydrogen-bond donors (Lipinski definition) is 4. The van der Waals surface area contributed by atoms with Crippen molar-refractivity contribution in [3.63, 3.8) is 0 Å². The number of aromatic nitrogens is 2. The van der Waals surface area contributed by atoms with E-state index in [0.717, 1.165) is 44.2 Å². The second-order valence-corrected chi connectivity index (χ2v) is 12.7. The highest BCUT2D eigenvalue weighted by atomic mass is 16.5. The number of carboxylic acids is 2. The quantitative estimate of drug-likeness (QED) is 0.0413. The first kappa shape index (κ1) is 39.0. The number of nitrogens with zero attached hydrogens (tertiary/aromatic N) is 3. The van der Waals surface area contributed by atoms with E-state index < -0.39 is 17.9 Å². The van der Waals surface area contributed by atoms with Gasteiger partial charge in [0.1, 0.15) is 11.2 Å². The highest BCUT2D eigenvalue weighted by molar-refractivity contribution is 5.99. The van der Waals surface area contributed by atoms with Crippen molar-refractivity contribution in [1.82, 2.24) is 10.1 Å². The smallest absolute Gasteiger partial charge is 0.338 e. The molecule has 0 aliphatic carbocycles. The summed E-state index contributed by atoms with van der Waals surface area (Å²) >= 11 is 0. The summed E-state index contributed by atoms with van der Waals surface area (Å²) in [5, 5.41) is 35.3. The van der Waals surface area contributed by atoms with Gasteiger partial charge < -0.3 is 39.2 Å². The van der Waals surface area contributed by atoms with Gasteiger partial charge in [-0.3, -0.25) is 0 Å². The first-order valence-electron chi connectivity index (χ1n) is 16.7. The van der Waals surface area contributed by atoms with Crippen LogP contribution in [0.5, 0.6) is 0 Å². The van der Waals surface area contributed by atoms with Crippen molar-refractivity contribution in [3.8, 4) is 23.0 Å².